The van der Waals surface area contributed by atoms with Crippen LogP contribution in [-0.4, -0.2) is 13.7 Å². The Bertz CT molecular complexity index is 603. The highest BCUT2D eigenvalue weighted by Crippen LogP contribution is 2.28. The van der Waals surface area contributed by atoms with E-state index < -0.39 is 0 Å². The fraction of sp³-hybridized carbons (Fsp3) is 0.294. The Morgan fingerprint density at radius 3 is 2.67 bits per heavy atom. The fourth-order valence-electron chi connectivity index (χ4n) is 2.42. The summed E-state index contributed by atoms with van der Waals surface area (Å²) in [6, 6.07) is 12.7. The zero-order valence-electron chi connectivity index (χ0n) is 12.2. The summed E-state index contributed by atoms with van der Waals surface area (Å²) >= 11 is 3.48. The normalized spacial score (nSPS) is 12.2. The van der Waals surface area contributed by atoms with Crippen LogP contribution in [0.15, 0.2) is 46.9 Å². The maximum atomic E-state index is 14.0. The molecule has 1 unspecified atom stereocenters. The van der Waals surface area contributed by atoms with E-state index in [1.165, 1.54) is 6.07 Å². The molecule has 0 amide bonds. The molecule has 4 heteroatoms. The Labute approximate surface area is 133 Å². The van der Waals surface area contributed by atoms with Crippen LogP contribution >= 0.6 is 15.9 Å². The minimum Gasteiger partial charge on any atom is -0.496 e. The van der Waals surface area contributed by atoms with E-state index in [2.05, 4.69) is 21.2 Å². The number of hydrogen-bond donors (Lipinski definition) is 1. The van der Waals surface area contributed by atoms with Gasteiger partial charge in [-0.15, -0.1) is 0 Å². The van der Waals surface area contributed by atoms with E-state index in [0.29, 0.717) is 12.0 Å². The molecule has 2 aromatic carbocycles. The molecule has 1 N–H and O–H groups in total. The van der Waals surface area contributed by atoms with Gasteiger partial charge in [0.1, 0.15) is 11.6 Å². The van der Waals surface area contributed by atoms with Crippen molar-refractivity contribution in [2.45, 2.75) is 19.4 Å². The molecule has 0 saturated heterocycles. The largest absolute Gasteiger partial charge is 0.496 e. The second kappa shape index (κ2) is 7.57. The summed E-state index contributed by atoms with van der Waals surface area (Å²) < 4.78 is 20.4. The van der Waals surface area contributed by atoms with Gasteiger partial charge in [0.05, 0.1) is 7.11 Å². The number of likely N-dealkylation sites (N-methyl/N-ethyl adjacent to an activating group) is 1. The van der Waals surface area contributed by atoms with Crippen LogP contribution in [0, 0.1) is 5.82 Å². The first-order valence-corrected chi connectivity index (χ1v) is 7.75. The van der Waals surface area contributed by atoms with E-state index in [9.17, 15) is 4.39 Å². The lowest BCUT2D eigenvalue weighted by atomic mass is 9.97. The summed E-state index contributed by atoms with van der Waals surface area (Å²) in [5, 5.41) is 3.35. The van der Waals surface area contributed by atoms with Crippen LogP contribution in [0.4, 0.5) is 4.39 Å². The first-order chi connectivity index (χ1) is 10.2. The molecule has 0 saturated carbocycles. The molecule has 21 heavy (non-hydrogen) atoms. The second-order valence-electron chi connectivity index (χ2n) is 4.79. The Morgan fingerprint density at radius 2 is 2.00 bits per heavy atom. The number of hydrogen-bond acceptors (Lipinski definition) is 2. The lowest BCUT2D eigenvalue weighted by Gasteiger charge is -2.20. The fourth-order valence-corrected chi connectivity index (χ4v) is 2.83. The lowest BCUT2D eigenvalue weighted by Crippen LogP contribution is -2.24. The van der Waals surface area contributed by atoms with Gasteiger partial charge in [-0.25, -0.2) is 4.39 Å². The number of benzene rings is 2. The van der Waals surface area contributed by atoms with Crippen LogP contribution in [-0.2, 0) is 6.42 Å². The number of methoxy groups -OCH3 is 1. The third-order valence-corrected chi connectivity index (χ3v) is 3.89. The van der Waals surface area contributed by atoms with Gasteiger partial charge in [0.15, 0.2) is 0 Å². The van der Waals surface area contributed by atoms with Crippen molar-refractivity contribution < 1.29 is 9.13 Å². The van der Waals surface area contributed by atoms with Gasteiger partial charge in [0.25, 0.3) is 0 Å². The predicted octanol–water partition coefficient (Wildman–Crippen LogP) is 4.49. The lowest BCUT2D eigenvalue weighted by molar-refractivity contribution is 0.404. The van der Waals surface area contributed by atoms with Crippen molar-refractivity contribution >= 4 is 15.9 Å². The van der Waals surface area contributed by atoms with Crippen LogP contribution in [0.25, 0.3) is 0 Å². The minimum absolute atomic E-state index is 0.0839. The molecule has 0 aliphatic rings. The van der Waals surface area contributed by atoms with Gasteiger partial charge in [-0.2, -0.15) is 0 Å². The van der Waals surface area contributed by atoms with Crippen molar-refractivity contribution in [3.63, 3.8) is 0 Å². The first kappa shape index (κ1) is 16.0. The number of nitrogens with one attached hydrogen (secondary N) is 1. The van der Waals surface area contributed by atoms with Crippen molar-refractivity contribution in [1.82, 2.24) is 5.32 Å². The predicted molar refractivity (Wildman–Crippen MR) is 87.2 cm³/mol. The van der Waals surface area contributed by atoms with Gasteiger partial charge in [0.2, 0.25) is 0 Å². The maximum absolute atomic E-state index is 14.0. The van der Waals surface area contributed by atoms with Crippen LogP contribution in [0.2, 0.25) is 0 Å². The highest BCUT2D eigenvalue weighted by molar-refractivity contribution is 9.10. The van der Waals surface area contributed by atoms with Gasteiger partial charge < -0.3 is 10.1 Å². The molecule has 0 aliphatic heterocycles. The molecule has 2 nitrogen and oxygen atoms in total. The molecule has 0 spiro atoms. The van der Waals surface area contributed by atoms with Crippen LogP contribution in [0.5, 0.6) is 5.75 Å². The Kier molecular flexibility index (Phi) is 5.76. The molecular weight excluding hydrogens is 333 g/mol. The van der Waals surface area contributed by atoms with Crippen molar-refractivity contribution in [2.24, 2.45) is 0 Å². The zero-order chi connectivity index (χ0) is 15.2. The number of rotatable bonds is 6. The summed E-state index contributed by atoms with van der Waals surface area (Å²) in [7, 11) is 1.65. The zero-order valence-corrected chi connectivity index (χ0v) is 13.8. The van der Waals surface area contributed by atoms with Gasteiger partial charge in [-0.3, -0.25) is 0 Å². The molecular formula is C17H19BrFNO. The van der Waals surface area contributed by atoms with Crippen LogP contribution < -0.4 is 10.1 Å². The molecule has 0 radical (unpaired) electrons. The van der Waals surface area contributed by atoms with Crippen molar-refractivity contribution in [1.29, 1.82) is 0 Å². The molecule has 0 aromatic heterocycles. The third kappa shape index (κ3) is 4.05. The molecule has 1 atom stereocenters. The number of ether oxygens (including phenoxy) is 1. The van der Waals surface area contributed by atoms with E-state index in [1.54, 1.807) is 13.2 Å². The van der Waals surface area contributed by atoms with Crippen molar-refractivity contribution in [3.8, 4) is 5.75 Å². The monoisotopic (exact) mass is 351 g/mol. The Morgan fingerprint density at radius 1 is 1.24 bits per heavy atom. The first-order valence-electron chi connectivity index (χ1n) is 6.96. The molecule has 2 aromatic rings. The van der Waals surface area contributed by atoms with Gasteiger partial charge in [-0.05, 0) is 42.8 Å². The SMILES string of the molecule is CCNC(Cc1cc(Br)ccc1OC)c1ccccc1F. The quantitative estimate of drug-likeness (QED) is 0.827. The highest BCUT2D eigenvalue weighted by Gasteiger charge is 2.17. The maximum Gasteiger partial charge on any atom is 0.127 e. The summed E-state index contributed by atoms with van der Waals surface area (Å²) in [5.41, 5.74) is 1.72. The molecule has 0 aliphatic carbocycles. The summed E-state index contributed by atoms with van der Waals surface area (Å²) in [6.45, 7) is 2.79. The van der Waals surface area contributed by atoms with Gasteiger partial charge in [-0.1, -0.05) is 41.1 Å². The average Bonchev–Trinajstić information content (AvgIpc) is 2.48. The highest BCUT2D eigenvalue weighted by atomic mass is 79.9. The Balaban J connectivity index is 2.33. The molecule has 0 fully saturated rings. The van der Waals surface area contributed by atoms with E-state index in [0.717, 1.165) is 22.3 Å². The second-order valence-corrected chi connectivity index (χ2v) is 5.71. The molecule has 0 heterocycles. The molecule has 0 bridgehead atoms. The Hall–Kier alpha value is -1.39. The van der Waals surface area contributed by atoms with Crippen LogP contribution in [0.1, 0.15) is 24.1 Å². The van der Waals surface area contributed by atoms with Crippen LogP contribution in [0.3, 0.4) is 0 Å². The molecule has 112 valence electrons. The summed E-state index contributed by atoms with van der Waals surface area (Å²) in [6.07, 6.45) is 0.664. The van der Waals surface area contributed by atoms with Gasteiger partial charge >= 0.3 is 0 Å². The smallest absolute Gasteiger partial charge is 0.127 e. The standard InChI is InChI=1S/C17H19BrFNO/c1-3-20-16(14-6-4-5-7-15(14)19)11-12-10-13(18)8-9-17(12)21-2/h4-10,16,20H,3,11H2,1-2H3. The third-order valence-electron chi connectivity index (χ3n) is 3.40. The van der Waals surface area contributed by atoms with Crippen molar-refractivity contribution in [2.75, 3.05) is 13.7 Å². The topological polar surface area (TPSA) is 21.3 Å². The summed E-state index contributed by atoms with van der Waals surface area (Å²) in [4.78, 5) is 0. The van der Waals surface area contributed by atoms with E-state index >= 15 is 0 Å². The van der Waals surface area contributed by atoms with E-state index in [4.69, 9.17) is 4.74 Å². The molecule has 2 rings (SSSR count). The summed E-state index contributed by atoms with van der Waals surface area (Å²) in [5.74, 6) is 0.634. The minimum atomic E-state index is -0.183. The number of halogens is 2. The van der Waals surface area contributed by atoms with Crippen molar-refractivity contribution in [3.05, 3.63) is 63.9 Å². The van der Waals surface area contributed by atoms with E-state index in [-0.39, 0.29) is 11.9 Å². The van der Waals surface area contributed by atoms with Gasteiger partial charge in [0, 0.05) is 16.1 Å². The average molecular weight is 352 g/mol. The van der Waals surface area contributed by atoms with E-state index in [1.807, 2.05) is 37.3 Å².